The van der Waals surface area contributed by atoms with Crippen molar-refractivity contribution in [2.24, 2.45) is 11.3 Å². The maximum absolute atomic E-state index is 14.9. The van der Waals surface area contributed by atoms with Crippen molar-refractivity contribution >= 4 is 16.6 Å². The lowest BCUT2D eigenvalue weighted by Crippen LogP contribution is -2.62. The van der Waals surface area contributed by atoms with Gasteiger partial charge in [0.2, 0.25) is 0 Å². The topological polar surface area (TPSA) is 81.6 Å². The summed E-state index contributed by atoms with van der Waals surface area (Å²) >= 11 is 0. The summed E-state index contributed by atoms with van der Waals surface area (Å²) in [5.74, 6) is 0.611. The maximum Gasteiger partial charge on any atom is 0.413 e. The van der Waals surface area contributed by atoms with Crippen LogP contribution in [0.4, 0.5) is 13.2 Å². The number of hydrogen-bond acceptors (Lipinski definition) is 5. The number of fused-ring (bicyclic) bond motifs is 2. The lowest BCUT2D eigenvalue weighted by molar-refractivity contribution is -0.170. The molecule has 1 saturated carbocycles. The number of alkyl halides is 3. The summed E-state index contributed by atoms with van der Waals surface area (Å²) in [7, 11) is 3.69. The number of rotatable bonds is 2. The van der Waals surface area contributed by atoms with E-state index in [1.54, 1.807) is 6.08 Å². The number of likely N-dealkylation sites (N-methyl/N-ethyl adjacent to an activating group) is 1. The van der Waals surface area contributed by atoms with Crippen LogP contribution in [0.15, 0.2) is 47.1 Å². The van der Waals surface area contributed by atoms with E-state index in [1.807, 2.05) is 51.0 Å². The highest BCUT2D eigenvalue weighted by Gasteiger charge is 2.69. The third kappa shape index (κ3) is 3.27. The molecule has 39 heavy (non-hydrogen) atoms. The lowest BCUT2D eigenvalue weighted by Gasteiger charge is -2.57. The van der Waals surface area contributed by atoms with Crippen LogP contribution in [-0.4, -0.2) is 74.8 Å². The normalized spacial score (nSPS) is 39.5. The molecule has 0 amide bonds. The van der Waals surface area contributed by atoms with Gasteiger partial charge in [-0.2, -0.15) is 13.2 Å². The molecule has 2 aromatic rings. The van der Waals surface area contributed by atoms with E-state index in [-0.39, 0.29) is 24.0 Å². The first-order chi connectivity index (χ1) is 18.3. The fraction of sp³-hybridized carbons (Fsp3) is 0.567. The molecule has 9 heteroatoms. The van der Waals surface area contributed by atoms with Gasteiger partial charge in [-0.1, -0.05) is 25.1 Å². The average molecular weight is 542 g/mol. The van der Waals surface area contributed by atoms with E-state index in [4.69, 9.17) is 4.74 Å². The molecular formula is C30H34F3N3O3. The second-order valence-corrected chi connectivity index (χ2v) is 12.7. The van der Waals surface area contributed by atoms with Crippen molar-refractivity contribution in [3.05, 3.63) is 58.5 Å². The van der Waals surface area contributed by atoms with E-state index >= 15 is 0 Å². The summed E-state index contributed by atoms with van der Waals surface area (Å²) in [6, 6.07) is 5.51. The molecule has 7 atom stereocenters. The number of hydrogen-bond donors (Lipinski definition) is 3. The third-order valence-corrected chi connectivity index (χ3v) is 10.4. The Morgan fingerprint density at radius 3 is 2.67 bits per heavy atom. The van der Waals surface area contributed by atoms with Crippen LogP contribution in [0.2, 0.25) is 0 Å². The molecule has 2 fully saturated rings. The van der Waals surface area contributed by atoms with Crippen LogP contribution in [0.25, 0.3) is 16.6 Å². The summed E-state index contributed by atoms with van der Waals surface area (Å²) in [5.41, 5.74) is 0.712. The Kier molecular flexibility index (Phi) is 5.13. The zero-order valence-electron chi connectivity index (χ0n) is 22.6. The Labute approximate surface area is 225 Å². The van der Waals surface area contributed by atoms with Gasteiger partial charge >= 0.3 is 6.18 Å². The van der Waals surface area contributed by atoms with Gasteiger partial charge in [0.25, 0.3) is 0 Å². The van der Waals surface area contributed by atoms with Gasteiger partial charge in [-0.15, -0.1) is 0 Å². The van der Waals surface area contributed by atoms with Crippen molar-refractivity contribution in [1.82, 2.24) is 14.9 Å². The Balaban J connectivity index is 1.39. The molecule has 1 saturated heterocycles. The average Bonchev–Trinajstić information content (AvgIpc) is 3.50. The van der Waals surface area contributed by atoms with Gasteiger partial charge in [0, 0.05) is 22.9 Å². The van der Waals surface area contributed by atoms with Crippen LogP contribution in [-0.2, 0) is 4.74 Å². The van der Waals surface area contributed by atoms with Crippen LogP contribution < -0.4 is 0 Å². The van der Waals surface area contributed by atoms with E-state index in [0.29, 0.717) is 31.3 Å². The Morgan fingerprint density at radius 2 is 1.95 bits per heavy atom. The molecule has 1 aromatic heterocycles. The predicted molar refractivity (Wildman–Crippen MR) is 141 cm³/mol. The van der Waals surface area contributed by atoms with Gasteiger partial charge in [0.15, 0.2) is 0 Å². The van der Waals surface area contributed by atoms with Crippen molar-refractivity contribution in [2.75, 3.05) is 14.1 Å². The lowest BCUT2D eigenvalue weighted by atomic mass is 9.56. The number of nitrogens with one attached hydrogen (secondary N) is 1. The van der Waals surface area contributed by atoms with Gasteiger partial charge in [0.05, 0.1) is 28.3 Å². The van der Waals surface area contributed by atoms with Gasteiger partial charge in [0.1, 0.15) is 11.9 Å². The van der Waals surface area contributed by atoms with E-state index in [1.165, 1.54) is 0 Å². The van der Waals surface area contributed by atoms with Crippen LogP contribution in [0.1, 0.15) is 50.4 Å². The minimum Gasteiger partial charge on any atom is -0.388 e. The number of nitrogens with zero attached hydrogens (tertiary/aromatic N) is 2. The molecule has 7 rings (SSSR count). The van der Waals surface area contributed by atoms with Crippen LogP contribution in [0, 0.1) is 18.3 Å². The molecule has 3 N–H and O–H groups in total. The summed E-state index contributed by atoms with van der Waals surface area (Å²) in [5, 5.41) is 22.0. The summed E-state index contributed by atoms with van der Waals surface area (Å²) in [6.07, 6.45) is -1.41. The summed E-state index contributed by atoms with van der Waals surface area (Å²) < 4.78 is 51.6. The number of aliphatic hydroxyl groups is 2. The van der Waals surface area contributed by atoms with Gasteiger partial charge in [-0.3, -0.25) is 0 Å². The molecular weight excluding hydrogens is 507 g/mol. The molecule has 5 aliphatic rings. The molecule has 2 aliphatic heterocycles. The number of H-pyrrole nitrogens is 1. The fourth-order valence-corrected chi connectivity index (χ4v) is 8.68. The number of aliphatic hydroxyl groups excluding tert-OH is 2. The van der Waals surface area contributed by atoms with Gasteiger partial charge in [-0.05, 0) is 87.5 Å². The highest BCUT2D eigenvalue weighted by molar-refractivity contribution is 5.83. The van der Waals surface area contributed by atoms with E-state index < -0.39 is 40.6 Å². The minimum absolute atomic E-state index is 0.157. The first kappa shape index (κ1) is 25.5. The number of aromatic nitrogens is 2. The second-order valence-electron chi connectivity index (χ2n) is 12.7. The van der Waals surface area contributed by atoms with Crippen molar-refractivity contribution < 1.29 is 28.1 Å². The standard InChI is InChI=1S/C30H34F3N3O3/c1-15-34-21-7-5-16(11-22(21)35-15)17-6-8-24-27(17,2)13-20(30(31,32)33)18-12-19-25(37)26(38)23(36(3)4)14-28(19)9-10-29(18,24)39-28/h5-7,11-12,23-26,37-38H,8-10,13-14H2,1-4H3,(H,34,35)/t23-,24?,25+,26+,27+,28+,29+/m0/s1. The smallest absolute Gasteiger partial charge is 0.388 e. The SMILES string of the molecule is Cc1nc2ccc(C3=CCC4[C@]3(C)CC(C(F)(F)F)=C3C=C5[C@@H](O)[C@H](O)[C@@H](N(C)C)C[C@]56CC[C@@]34O6)cc2[nH]1. The molecule has 208 valence electrons. The molecule has 2 bridgehead atoms. The van der Waals surface area contributed by atoms with E-state index in [9.17, 15) is 23.4 Å². The number of imidazole rings is 1. The number of aryl methyl sites for hydroxylation is 1. The number of allylic oxidation sites excluding steroid dienone is 3. The maximum atomic E-state index is 14.9. The van der Waals surface area contributed by atoms with E-state index in [0.717, 1.165) is 28.0 Å². The Morgan fingerprint density at radius 1 is 1.18 bits per heavy atom. The number of halogens is 3. The van der Waals surface area contributed by atoms with Crippen molar-refractivity contribution in [3.63, 3.8) is 0 Å². The first-order valence-electron chi connectivity index (χ1n) is 13.7. The number of benzene rings is 1. The third-order valence-electron chi connectivity index (χ3n) is 10.4. The van der Waals surface area contributed by atoms with Gasteiger partial charge in [-0.25, -0.2) is 4.98 Å². The van der Waals surface area contributed by atoms with Crippen LogP contribution in [0.3, 0.4) is 0 Å². The Hall–Kier alpha value is -2.46. The van der Waals surface area contributed by atoms with Crippen molar-refractivity contribution in [1.29, 1.82) is 0 Å². The zero-order valence-corrected chi connectivity index (χ0v) is 22.6. The Bertz CT molecular complexity index is 1490. The molecule has 3 aliphatic carbocycles. The fourth-order valence-electron chi connectivity index (χ4n) is 8.68. The zero-order chi connectivity index (χ0) is 27.7. The molecule has 6 nitrogen and oxygen atoms in total. The van der Waals surface area contributed by atoms with Crippen LogP contribution in [0.5, 0.6) is 0 Å². The highest BCUT2D eigenvalue weighted by Crippen LogP contribution is 2.70. The second kappa shape index (κ2) is 7.84. The number of aromatic amines is 1. The predicted octanol–water partition coefficient (Wildman–Crippen LogP) is 4.83. The van der Waals surface area contributed by atoms with Crippen molar-refractivity contribution in [3.8, 4) is 0 Å². The minimum atomic E-state index is -4.55. The van der Waals surface area contributed by atoms with Gasteiger partial charge < -0.3 is 24.8 Å². The largest absolute Gasteiger partial charge is 0.413 e. The first-order valence-corrected chi connectivity index (χ1v) is 13.7. The summed E-state index contributed by atoms with van der Waals surface area (Å²) in [4.78, 5) is 9.60. The highest BCUT2D eigenvalue weighted by atomic mass is 19.4. The summed E-state index contributed by atoms with van der Waals surface area (Å²) in [6.45, 7) is 3.85. The molecule has 2 spiro atoms. The molecule has 3 heterocycles. The van der Waals surface area contributed by atoms with Crippen molar-refractivity contribution in [2.45, 2.75) is 81.6 Å². The number of ether oxygens (including phenoxy) is 1. The quantitative estimate of drug-likeness (QED) is 0.508. The molecule has 0 radical (unpaired) electrons. The van der Waals surface area contributed by atoms with Crippen LogP contribution >= 0.6 is 0 Å². The van der Waals surface area contributed by atoms with E-state index in [2.05, 4.69) is 16.0 Å². The monoisotopic (exact) mass is 541 g/mol. The molecule has 1 aromatic carbocycles. The molecule has 1 unspecified atom stereocenters.